The molecular formula is C21H21FN2O4. The number of carbonyl (C=O) groups excluding carboxylic acids is 3. The van der Waals surface area contributed by atoms with Gasteiger partial charge in [0.1, 0.15) is 5.82 Å². The molecule has 0 saturated carbocycles. The highest BCUT2D eigenvalue weighted by Gasteiger charge is 2.36. The molecule has 28 heavy (non-hydrogen) atoms. The minimum atomic E-state index is -0.656. The molecule has 0 bridgehead atoms. The lowest BCUT2D eigenvalue weighted by molar-refractivity contribution is -0.152. The molecule has 2 aromatic rings. The van der Waals surface area contributed by atoms with Crippen LogP contribution >= 0.6 is 0 Å². The molecule has 1 heterocycles. The summed E-state index contributed by atoms with van der Waals surface area (Å²) in [6.45, 7) is 1.58. The Morgan fingerprint density at radius 1 is 1.18 bits per heavy atom. The van der Waals surface area contributed by atoms with E-state index < -0.39 is 30.2 Å². The number of carbonyl (C=O) groups is 3. The highest BCUT2D eigenvalue weighted by molar-refractivity contribution is 5.99. The lowest BCUT2D eigenvalue weighted by Crippen LogP contribution is -2.32. The first-order valence-corrected chi connectivity index (χ1v) is 9.01. The smallest absolute Gasteiger partial charge is 0.311 e. The number of anilines is 1. The van der Waals surface area contributed by atoms with Crippen LogP contribution in [-0.2, 0) is 19.1 Å². The van der Waals surface area contributed by atoms with Crippen molar-refractivity contribution in [3.8, 4) is 0 Å². The third-order valence-electron chi connectivity index (χ3n) is 4.62. The van der Waals surface area contributed by atoms with Crippen molar-refractivity contribution in [3.63, 3.8) is 0 Å². The Kier molecular flexibility index (Phi) is 6.03. The molecule has 0 aromatic heterocycles. The van der Waals surface area contributed by atoms with Gasteiger partial charge in [-0.2, -0.15) is 0 Å². The van der Waals surface area contributed by atoms with Gasteiger partial charge in [0.25, 0.3) is 5.91 Å². The zero-order valence-electron chi connectivity index (χ0n) is 15.4. The molecule has 0 spiro atoms. The van der Waals surface area contributed by atoms with Gasteiger partial charge >= 0.3 is 5.97 Å². The van der Waals surface area contributed by atoms with Crippen molar-refractivity contribution in [2.24, 2.45) is 5.92 Å². The molecule has 2 aromatic carbocycles. The van der Waals surface area contributed by atoms with E-state index in [-0.39, 0.29) is 24.9 Å². The minimum Gasteiger partial charge on any atom is -0.455 e. The fourth-order valence-electron chi connectivity index (χ4n) is 3.10. The van der Waals surface area contributed by atoms with E-state index in [1.54, 1.807) is 0 Å². The summed E-state index contributed by atoms with van der Waals surface area (Å²) in [4.78, 5) is 37.8. The van der Waals surface area contributed by atoms with Gasteiger partial charge in [0.05, 0.1) is 12.0 Å². The first-order chi connectivity index (χ1) is 13.4. The van der Waals surface area contributed by atoms with Crippen molar-refractivity contribution >= 4 is 23.5 Å². The molecule has 0 aliphatic carbocycles. The molecule has 1 N–H and O–H groups in total. The predicted molar refractivity (Wildman–Crippen MR) is 101 cm³/mol. The summed E-state index contributed by atoms with van der Waals surface area (Å²) in [7, 11) is 0. The molecule has 1 aliphatic heterocycles. The number of halogens is 1. The number of hydrogen-bond acceptors (Lipinski definition) is 4. The van der Waals surface area contributed by atoms with E-state index in [9.17, 15) is 18.8 Å². The monoisotopic (exact) mass is 384 g/mol. The second kappa shape index (κ2) is 8.65. The summed E-state index contributed by atoms with van der Waals surface area (Å²) in [5, 5.41) is 2.76. The van der Waals surface area contributed by atoms with Crippen molar-refractivity contribution in [1.82, 2.24) is 5.32 Å². The van der Waals surface area contributed by atoms with Gasteiger partial charge in [-0.3, -0.25) is 14.4 Å². The highest BCUT2D eigenvalue weighted by Crippen LogP contribution is 2.26. The quantitative estimate of drug-likeness (QED) is 0.777. The molecule has 1 saturated heterocycles. The fourth-order valence-corrected chi connectivity index (χ4v) is 3.10. The third kappa shape index (κ3) is 4.73. The molecule has 6 nitrogen and oxygen atoms in total. The zero-order valence-corrected chi connectivity index (χ0v) is 15.4. The van der Waals surface area contributed by atoms with Gasteiger partial charge in [-0.05, 0) is 36.8 Å². The van der Waals surface area contributed by atoms with Crippen molar-refractivity contribution in [1.29, 1.82) is 0 Å². The van der Waals surface area contributed by atoms with Crippen LogP contribution in [0.25, 0.3) is 0 Å². The number of benzene rings is 2. The topological polar surface area (TPSA) is 75.7 Å². The second-order valence-corrected chi connectivity index (χ2v) is 6.69. The minimum absolute atomic E-state index is 0.00174. The van der Waals surface area contributed by atoms with Crippen LogP contribution in [-0.4, -0.2) is 30.9 Å². The van der Waals surface area contributed by atoms with E-state index in [2.05, 4.69) is 5.32 Å². The first-order valence-electron chi connectivity index (χ1n) is 9.01. The highest BCUT2D eigenvalue weighted by atomic mass is 19.1. The Labute approximate surface area is 162 Å². The normalized spacial score (nSPS) is 17.3. The molecule has 7 heteroatoms. The van der Waals surface area contributed by atoms with Crippen molar-refractivity contribution in [2.45, 2.75) is 19.4 Å². The molecule has 146 valence electrons. The van der Waals surface area contributed by atoms with Crippen LogP contribution in [0.4, 0.5) is 10.1 Å². The second-order valence-electron chi connectivity index (χ2n) is 6.69. The van der Waals surface area contributed by atoms with E-state index in [0.29, 0.717) is 5.69 Å². The van der Waals surface area contributed by atoms with Gasteiger partial charge < -0.3 is 15.0 Å². The number of hydrogen-bond donors (Lipinski definition) is 1. The molecule has 0 unspecified atom stereocenters. The summed E-state index contributed by atoms with van der Waals surface area (Å²) >= 11 is 0. The lowest BCUT2D eigenvalue weighted by Gasteiger charge is -2.17. The first kappa shape index (κ1) is 19.5. The number of ether oxygens (including phenoxy) is 1. The molecule has 0 radical (unpaired) electrons. The summed E-state index contributed by atoms with van der Waals surface area (Å²) in [5.41, 5.74) is 1.47. The van der Waals surface area contributed by atoms with Gasteiger partial charge in [-0.25, -0.2) is 4.39 Å². The number of amides is 2. The van der Waals surface area contributed by atoms with Crippen molar-refractivity contribution in [2.75, 3.05) is 18.1 Å². The van der Waals surface area contributed by atoms with Gasteiger partial charge in [0, 0.05) is 18.7 Å². The van der Waals surface area contributed by atoms with E-state index in [1.807, 2.05) is 37.3 Å². The largest absolute Gasteiger partial charge is 0.455 e. The van der Waals surface area contributed by atoms with E-state index in [1.165, 1.54) is 29.2 Å². The molecule has 2 amide bonds. The van der Waals surface area contributed by atoms with E-state index in [4.69, 9.17) is 4.74 Å². The van der Waals surface area contributed by atoms with Crippen LogP contribution in [0.5, 0.6) is 0 Å². The maximum absolute atomic E-state index is 13.0. The number of esters is 1. The third-order valence-corrected chi connectivity index (χ3v) is 4.62. The lowest BCUT2D eigenvalue weighted by atomic mass is 10.1. The van der Waals surface area contributed by atoms with Crippen molar-refractivity contribution in [3.05, 3.63) is 66.0 Å². The number of rotatable bonds is 6. The van der Waals surface area contributed by atoms with Gasteiger partial charge in [0.2, 0.25) is 5.91 Å². The summed E-state index contributed by atoms with van der Waals surface area (Å²) in [6, 6.07) is 14.7. The van der Waals surface area contributed by atoms with Crippen molar-refractivity contribution < 1.29 is 23.5 Å². The van der Waals surface area contributed by atoms with Gasteiger partial charge in [-0.1, -0.05) is 30.3 Å². The number of nitrogens with zero attached hydrogens (tertiary/aromatic N) is 1. The predicted octanol–water partition coefficient (Wildman–Crippen LogP) is 2.60. The van der Waals surface area contributed by atoms with Crippen LogP contribution in [0.3, 0.4) is 0 Å². The van der Waals surface area contributed by atoms with Crippen LogP contribution < -0.4 is 10.2 Å². The summed E-state index contributed by atoms with van der Waals surface area (Å²) in [6.07, 6.45) is -0.00174. The average molecular weight is 384 g/mol. The zero-order chi connectivity index (χ0) is 20.1. The van der Waals surface area contributed by atoms with Gasteiger partial charge in [-0.15, -0.1) is 0 Å². The molecule has 1 aliphatic rings. The Balaban J connectivity index is 1.49. The van der Waals surface area contributed by atoms with E-state index >= 15 is 0 Å². The molecule has 2 atom stereocenters. The molecule has 3 rings (SSSR count). The van der Waals surface area contributed by atoms with Crippen LogP contribution in [0, 0.1) is 11.7 Å². The van der Waals surface area contributed by atoms with Crippen LogP contribution in [0.2, 0.25) is 0 Å². The summed E-state index contributed by atoms with van der Waals surface area (Å²) < 4.78 is 18.1. The Morgan fingerprint density at radius 2 is 1.86 bits per heavy atom. The summed E-state index contributed by atoms with van der Waals surface area (Å²) in [5.74, 6) is -2.31. The molecule has 1 fully saturated rings. The van der Waals surface area contributed by atoms with E-state index in [0.717, 1.165) is 5.56 Å². The maximum atomic E-state index is 13.0. The maximum Gasteiger partial charge on any atom is 0.311 e. The Bertz CT molecular complexity index is 854. The SMILES string of the molecule is C[C@@H](NC(=O)COC(=O)[C@H]1CC(=O)N(c2ccc(F)cc2)C1)c1ccccc1. The van der Waals surface area contributed by atoms with Gasteiger partial charge in [0.15, 0.2) is 6.61 Å². The Morgan fingerprint density at radius 3 is 2.54 bits per heavy atom. The standard InChI is InChI=1S/C21H21FN2O4/c1-14(15-5-3-2-4-6-15)23-19(25)13-28-21(27)16-11-20(26)24(12-16)18-9-7-17(22)8-10-18/h2-10,14,16H,11-13H2,1H3,(H,23,25)/t14-,16+/m1/s1. The number of nitrogens with one attached hydrogen (secondary N) is 1. The average Bonchev–Trinajstić information content (AvgIpc) is 3.09. The van der Waals surface area contributed by atoms with Crippen LogP contribution in [0.1, 0.15) is 24.9 Å². The Hall–Kier alpha value is -3.22. The molecular weight excluding hydrogens is 363 g/mol. The fraction of sp³-hybridized carbons (Fsp3) is 0.286. The van der Waals surface area contributed by atoms with Crippen LogP contribution in [0.15, 0.2) is 54.6 Å².